The fourth-order valence-corrected chi connectivity index (χ4v) is 2.31. The molecule has 1 aromatic carbocycles. The van der Waals surface area contributed by atoms with E-state index in [2.05, 4.69) is 46.4 Å². The van der Waals surface area contributed by atoms with Gasteiger partial charge in [-0.3, -0.25) is 0 Å². The van der Waals surface area contributed by atoms with E-state index in [1.807, 2.05) is 6.07 Å². The molecule has 1 aliphatic heterocycles. The van der Waals surface area contributed by atoms with Gasteiger partial charge in [-0.15, -0.1) is 0 Å². The summed E-state index contributed by atoms with van der Waals surface area (Å²) in [7, 11) is 0. The molecule has 0 aliphatic carbocycles. The van der Waals surface area contributed by atoms with Gasteiger partial charge in [0.2, 0.25) is 0 Å². The van der Waals surface area contributed by atoms with Crippen LogP contribution in [0.25, 0.3) is 0 Å². The molecule has 1 aliphatic rings. The summed E-state index contributed by atoms with van der Waals surface area (Å²) in [5, 5.41) is 3.53. The van der Waals surface area contributed by atoms with Crippen molar-refractivity contribution in [1.82, 2.24) is 5.32 Å². The van der Waals surface area contributed by atoms with Crippen molar-refractivity contribution < 1.29 is 4.74 Å². The Labute approximate surface area is 99.1 Å². The van der Waals surface area contributed by atoms with Gasteiger partial charge in [-0.2, -0.15) is 0 Å². The van der Waals surface area contributed by atoms with E-state index in [1.54, 1.807) is 0 Å². The maximum atomic E-state index is 5.51. The molecule has 0 aromatic heterocycles. The lowest BCUT2D eigenvalue weighted by molar-refractivity contribution is 0.113. The zero-order valence-corrected chi connectivity index (χ0v) is 10.5. The zero-order valence-electron chi connectivity index (χ0n) is 8.87. The van der Waals surface area contributed by atoms with Crippen molar-refractivity contribution in [3.8, 4) is 0 Å². The summed E-state index contributed by atoms with van der Waals surface area (Å²) in [5.74, 6) is 0. The second-order valence-corrected chi connectivity index (χ2v) is 4.80. The van der Waals surface area contributed by atoms with E-state index in [0.717, 1.165) is 19.6 Å². The predicted octanol–water partition coefficient (Wildman–Crippen LogP) is 2.72. The first-order chi connectivity index (χ1) is 7.27. The Morgan fingerprint density at radius 1 is 1.47 bits per heavy atom. The van der Waals surface area contributed by atoms with Crippen molar-refractivity contribution in [1.29, 1.82) is 0 Å². The van der Waals surface area contributed by atoms with E-state index in [-0.39, 0.29) is 0 Å². The highest BCUT2D eigenvalue weighted by molar-refractivity contribution is 9.10. The molecule has 1 heterocycles. The van der Waals surface area contributed by atoms with Crippen LogP contribution in [0.5, 0.6) is 0 Å². The molecule has 0 amide bonds. The number of halogens is 1. The molecule has 1 aromatic rings. The van der Waals surface area contributed by atoms with Crippen LogP contribution >= 0.6 is 15.9 Å². The SMILES string of the molecule is CC1OCCC1NCc1ccccc1Br. The Morgan fingerprint density at radius 3 is 2.93 bits per heavy atom. The van der Waals surface area contributed by atoms with Crippen molar-refractivity contribution in [2.75, 3.05) is 6.61 Å². The Kier molecular flexibility index (Phi) is 3.78. The number of hydrogen-bond donors (Lipinski definition) is 1. The van der Waals surface area contributed by atoms with Crippen LogP contribution < -0.4 is 5.32 Å². The number of nitrogens with one attached hydrogen (secondary N) is 1. The molecule has 15 heavy (non-hydrogen) atoms. The van der Waals surface area contributed by atoms with E-state index in [9.17, 15) is 0 Å². The third kappa shape index (κ3) is 2.80. The highest BCUT2D eigenvalue weighted by Gasteiger charge is 2.23. The summed E-state index contributed by atoms with van der Waals surface area (Å²) >= 11 is 3.55. The van der Waals surface area contributed by atoms with Crippen molar-refractivity contribution in [3.05, 3.63) is 34.3 Å². The average Bonchev–Trinajstić information content (AvgIpc) is 2.63. The van der Waals surface area contributed by atoms with Crippen molar-refractivity contribution >= 4 is 15.9 Å². The predicted molar refractivity (Wildman–Crippen MR) is 64.8 cm³/mol. The molecule has 2 atom stereocenters. The third-order valence-corrected chi connectivity index (χ3v) is 3.66. The first kappa shape index (κ1) is 11.1. The molecule has 2 unspecified atom stereocenters. The molecule has 0 spiro atoms. The van der Waals surface area contributed by atoms with E-state index in [0.29, 0.717) is 12.1 Å². The molecule has 82 valence electrons. The van der Waals surface area contributed by atoms with E-state index >= 15 is 0 Å². The van der Waals surface area contributed by atoms with Gasteiger partial charge >= 0.3 is 0 Å². The summed E-state index contributed by atoms with van der Waals surface area (Å²) < 4.78 is 6.68. The monoisotopic (exact) mass is 269 g/mol. The zero-order chi connectivity index (χ0) is 10.7. The minimum absolute atomic E-state index is 0.340. The van der Waals surface area contributed by atoms with Gasteiger partial charge in [-0.1, -0.05) is 34.1 Å². The minimum Gasteiger partial charge on any atom is -0.377 e. The van der Waals surface area contributed by atoms with Gasteiger partial charge in [0.05, 0.1) is 6.10 Å². The highest BCUT2D eigenvalue weighted by atomic mass is 79.9. The molecule has 2 nitrogen and oxygen atoms in total. The van der Waals surface area contributed by atoms with E-state index < -0.39 is 0 Å². The largest absolute Gasteiger partial charge is 0.377 e. The topological polar surface area (TPSA) is 21.3 Å². The lowest BCUT2D eigenvalue weighted by Gasteiger charge is -2.16. The molecule has 0 saturated carbocycles. The molecule has 1 saturated heterocycles. The van der Waals surface area contributed by atoms with Crippen LogP contribution in [0.2, 0.25) is 0 Å². The molecular weight excluding hydrogens is 254 g/mol. The van der Waals surface area contributed by atoms with Crippen LogP contribution in [0, 0.1) is 0 Å². The maximum absolute atomic E-state index is 5.51. The third-order valence-electron chi connectivity index (χ3n) is 2.89. The molecule has 2 rings (SSSR count). The lowest BCUT2D eigenvalue weighted by atomic mass is 10.1. The van der Waals surface area contributed by atoms with Crippen LogP contribution in [0.3, 0.4) is 0 Å². The van der Waals surface area contributed by atoms with Crippen LogP contribution in [-0.2, 0) is 11.3 Å². The highest BCUT2D eigenvalue weighted by Crippen LogP contribution is 2.17. The van der Waals surface area contributed by atoms with Crippen LogP contribution in [-0.4, -0.2) is 18.8 Å². The fraction of sp³-hybridized carbons (Fsp3) is 0.500. The van der Waals surface area contributed by atoms with Gasteiger partial charge in [0.25, 0.3) is 0 Å². The lowest BCUT2D eigenvalue weighted by Crippen LogP contribution is -2.34. The number of hydrogen-bond acceptors (Lipinski definition) is 2. The Bertz CT molecular complexity index is 329. The fourth-order valence-electron chi connectivity index (χ4n) is 1.88. The molecular formula is C12H16BrNO. The van der Waals surface area contributed by atoms with Gasteiger partial charge in [-0.25, -0.2) is 0 Å². The number of rotatable bonds is 3. The Balaban J connectivity index is 1.90. The second-order valence-electron chi connectivity index (χ2n) is 3.94. The van der Waals surface area contributed by atoms with E-state index in [1.165, 1.54) is 10.0 Å². The van der Waals surface area contributed by atoms with Crippen molar-refractivity contribution in [2.24, 2.45) is 0 Å². The first-order valence-electron chi connectivity index (χ1n) is 5.36. The Morgan fingerprint density at radius 2 is 2.27 bits per heavy atom. The molecule has 1 fully saturated rings. The summed E-state index contributed by atoms with van der Waals surface area (Å²) in [5.41, 5.74) is 1.30. The summed E-state index contributed by atoms with van der Waals surface area (Å²) in [6.07, 6.45) is 1.46. The van der Waals surface area contributed by atoms with Gasteiger partial charge in [0, 0.05) is 23.7 Å². The van der Waals surface area contributed by atoms with Crippen molar-refractivity contribution in [2.45, 2.75) is 32.0 Å². The summed E-state index contributed by atoms with van der Waals surface area (Å²) in [6, 6.07) is 8.81. The molecule has 0 radical (unpaired) electrons. The van der Waals surface area contributed by atoms with Crippen LogP contribution in [0.4, 0.5) is 0 Å². The summed E-state index contributed by atoms with van der Waals surface area (Å²) in [6.45, 7) is 3.92. The number of benzene rings is 1. The van der Waals surface area contributed by atoms with E-state index in [4.69, 9.17) is 4.74 Å². The van der Waals surface area contributed by atoms with Crippen LogP contribution in [0.1, 0.15) is 18.9 Å². The first-order valence-corrected chi connectivity index (χ1v) is 6.15. The average molecular weight is 270 g/mol. The van der Waals surface area contributed by atoms with Crippen molar-refractivity contribution in [3.63, 3.8) is 0 Å². The maximum Gasteiger partial charge on any atom is 0.0700 e. The quantitative estimate of drug-likeness (QED) is 0.911. The van der Waals surface area contributed by atoms with Gasteiger partial charge in [0.15, 0.2) is 0 Å². The molecule has 1 N–H and O–H groups in total. The van der Waals surface area contributed by atoms with Crippen LogP contribution in [0.15, 0.2) is 28.7 Å². The smallest absolute Gasteiger partial charge is 0.0700 e. The summed E-state index contributed by atoms with van der Waals surface area (Å²) in [4.78, 5) is 0. The van der Waals surface area contributed by atoms with Gasteiger partial charge < -0.3 is 10.1 Å². The molecule has 3 heteroatoms. The Hall–Kier alpha value is -0.380. The second kappa shape index (κ2) is 5.10. The normalized spacial score (nSPS) is 25.7. The number of ether oxygens (including phenoxy) is 1. The minimum atomic E-state index is 0.340. The molecule has 0 bridgehead atoms. The van der Waals surface area contributed by atoms with Gasteiger partial charge in [0.1, 0.15) is 0 Å². The van der Waals surface area contributed by atoms with Gasteiger partial charge in [-0.05, 0) is 25.0 Å². The standard InChI is InChI=1S/C12H16BrNO/c1-9-12(6-7-15-9)14-8-10-4-2-3-5-11(10)13/h2-5,9,12,14H,6-8H2,1H3.